The summed E-state index contributed by atoms with van der Waals surface area (Å²) in [6.45, 7) is 1.92. The van der Waals surface area contributed by atoms with Crippen LogP contribution in [0.25, 0.3) is 0 Å². The summed E-state index contributed by atoms with van der Waals surface area (Å²) in [6.07, 6.45) is 5.01. The van der Waals surface area contributed by atoms with Gasteiger partial charge < -0.3 is 10.4 Å². The fourth-order valence-corrected chi connectivity index (χ4v) is 3.19. The third-order valence-corrected chi connectivity index (χ3v) is 4.41. The van der Waals surface area contributed by atoms with E-state index in [1.54, 1.807) is 0 Å². The number of aliphatic carboxylic acids is 1. The fourth-order valence-electron chi connectivity index (χ4n) is 3.03. The Bertz CT molecular complexity index is 553. The number of nitrogens with one attached hydrogen (secondary N) is 1. The predicted molar refractivity (Wildman–Crippen MR) is 71.2 cm³/mol. The maximum absolute atomic E-state index is 11.4. The van der Waals surface area contributed by atoms with E-state index in [4.69, 9.17) is 11.6 Å². The molecule has 3 nitrogen and oxygen atoms in total. The number of carboxylic acid groups (broad SMARTS) is 1. The van der Waals surface area contributed by atoms with Crippen molar-refractivity contribution in [1.29, 1.82) is 0 Å². The second-order valence-corrected chi connectivity index (χ2v) is 5.36. The molecule has 0 unspecified atom stereocenters. The average Bonchev–Trinajstić information content (AvgIpc) is 2.81. The zero-order valence-corrected chi connectivity index (χ0v) is 10.7. The molecule has 3 rings (SSSR count). The number of carbonyl (C=O) groups is 1. The van der Waals surface area contributed by atoms with E-state index in [0.717, 1.165) is 23.2 Å². The van der Waals surface area contributed by atoms with Crippen molar-refractivity contribution in [2.75, 3.05) is 5.32 Å². The smallest absolute Gasteiger partial charge is 0.326 e. The van der Waals surface area contributed by atoms with E-state index in [1.165, 1.54) is 0 Å². The van der Waals surface area contributed by atoms with E-state index in [0.29, 0.717) is 5.02 Å². The van der Waals surface area contributed by atoms with Crippen LogP contribution in [0, 0.1) is 12.8 Å². The molecule has 4 heteroatoms. The van der Waals surface area contributed by atoms with Gasteiger partial charge in [-0.3, -0.25) is 0 Å². The van der Waals surface area contributed by atoms with Gasteiger partial charge in [0.05, 0.1) is 0 Å². The van der Waals surface area contributed by atoms with E-state index in [9.17, 15) is 9.90 Å². The summed E-state index contributed by atoms with van der Waals surface area (Å²) >= 11 is 6.11. The first-order chi connectivity index (χ1) is 8.59. The zero-order chi connectivity index (χ0) is 12.9. The maximum atomic E-state index is 11.4. The van der Waals surface area contributed by atoms with Crippen molar-refractivity contribution < 1.29 is 9.90 Å². The van der Waals surface area contributed by atoms with Gasteiger partial charge in [-0.1, -0.05) is 29.8 Å². The molecule has 18 heavy (non-hydrogen) atoms. The van der Waals surface area contributed by atoms with Crippen LogP contribution in [0.1, 0.15) is 23.5 Å². The monoisotopic (exact) mass is 263 g/mol. The highest BCUT2D eigenvalue weighted by atomic mass is 35.5. The first-order valence-corrected chi connectivity index (χ1v) is 6.42. The number of carboxylic acids is 1. The molecule has 1 heterocycles. The van der Waals surface area contributed by atoms with Crippen molar-refractivity contribution in [1.82, 2.24) is 0 Å². The number of fused-ring (bicyclic) bond motifs is 3. The quantitative estimate of drug-likeness (QED) is 0.765. The van der Waals surface area contributed by atoms with Gasteiger partial charge in [0, 0.05) is 22.5 Å². The summed E-state index contributed by atoms with van der Waals surface area (Å²) in [5, 5.41) is 13.2. The highest BCUT2D eigenvalue weighted by molar-refractivity contribution is 6.31. The van der Waals surface area contributed by atoms with Crippen molar-refractivity contribution in [2.24, 2.45) is 5.92 Å². The minimum atomic E-state index is -0.793. The fraction of sp³-hybridized carbons (Fsp3) is 0.357. The lowest BCUT2D eigenvalue weighted by molar-refractivity contribution is -0.139. The normalized spacial score (nSPS) is 28.4. The Morgan fingerprint density at radius 3 is 3.00 bits per heavy atom. The van der Waals surface area contributed by atoms with Crippen LogP contribution in [0.3, 0.4) is 0 Å². The molecule has 0 radical (unpaired) electrons. The highest BCUT2D eigenvalue weighted by Crippen LogP contribution is 2.46. The van der Waals surface area contributed by atoms with Crippen LogP contribution in [0.15, 0.2) is 24.3 Å². The van der Waals surface area contributed by atoms with Crippen LogP contribution in [0.5, 0.6) is 0 Å². The Labute approximate surface area is 110 Å². The van der Waals surface area contributed by atoms with Crippen molar-refractivity contribution in [2.45, 2.75) is 25.3 Å². The van der Waals surface area contributed by atoms with Crippen molar-refractivity contribution in [3.05, 3.63) is 40.4 Å². The lowest BCUT2D eigenvalue weighted by Gasteiger charge is -2.35. The largest absolute Gasteiger partial charge is 0.480 e. The number of anilines is 1. The Hall–Kier alpha value is -1.48. The Morgan fingerprint density at radius 1 is 1.50 bits per heavy atom. The van der Waals surface area contributed by atoms with E-state index >= 15 is 0 Å². The van der Waals surface area contributed by atoms with Gasteiger partial charge in [-0.2, -0.15) is 0 Å². The lowest BCUT2D eigenvalue weighted by atomic mass is 9.78. The van der Waals surface area contributed by atoms with Crippen LogP contribution in [0.4, 0.5) is 5.69 Å². The van der Waals surface area contributed by atoms with Crippen molar-refractivity contribution >= 4 is 23.3 Å². The van der Waals surface area contributed by atoms with Gasteiger partial charge in [-0.05, 0) is 30.5 Å². The van der Waals surface area contributed by atoms with E-state index in [1.807, 2.05) is 19.1 Å². The van der Waals surface area contributed by atoms with Crippen LogP contribution in [-0.2, 0) is 4.79 Å². The third-order valence-electron chi connectivity index (χ3n) is 4.00. The van der Waals surface area contributed by atoms with Gasteiger partial charge >= 0.3 is 5.97 Å². The second-order valence-electron chi connectivity index (χ2n) is 4.95. The number of rotatable bonds is 1. The summed E-state index contributed by atoms with van der Waals surface area (Å²) < 4.78 is 0. The second kappa shape index (κ2) is 4.02. The molecule has 0 saturated carbocycles. The van der Waals surface area contributed by atoms with Gasteiger partial charge in [0.2, 0.25) is 0 Å². The summed E-state index contributed by atoms with van der Waals surface area (Å²) in [5.74, 6) is -0.493. The molecular weight excluding hydrogens is 250 g/mol. The minimum absolute atomic E-state index is 0.107. The molecule has 3 atom stereocenters. The van der Waals surface area contributed by atoms with Gasteiger partial charge in [0.25, 0.3) is 0 Å². The van der Waals surface area contributed by atoms with Crippen LogP contribution in [0.2, 0.25) is 5.02 Å². The lowest BCUT2D eigenvalue weighted by Crippen LogP contribution is -2.42. The first-order valence-electron chi connectivity index (χ1n) is 6.04. The summed E-state index contributed by atoms with van der Waals surface area (Å²) in [4.78, 5) is 11.4. The molecule has 0 fully saturated rings. The molecule has 0 aromatic heterocycles. The van der Waals surface area contributed by atoms with Crippen LogP contribution < -0.4 is 5.32 Å². The van der Waals surface area contributed by atoms with E-state index in [2.05, 4.69) is 17.5 Å². The summed E-state index contributed by atoms with van der Waals surface area (Å²) in [7, 11) is 0. The Balaban J connectivity index is 2.14. The molecule has 2 aliphatic rings. The van der Waals surface area contributed by atoms with Gasteiger partial charge in [-0.15, -0.1) is 0 Å². The molecular formula is C14H14ClNO2. The topological polar surface area (TPSA) is 49.3 Å². The maximum Gasteiger partial charge on any atom is 0.326 e. The van der Waals surface area contributed by atoms with E-state index < -0.39 is 12.0 Å². The molecule has 1 aromatic rings. The van der Waals surface area contributed by atoms with E-state index in [-0.39, 0.29) is 11.8 Å². The minimum Gasteiger partial charge on any atom is -0.480 e. The molecule has 1 aliphatic heterocycles. The van der Waals surface area contributed by atoms with Crippen LogP contribution >= 0.6 is 11.6 Å². The molecule has 0 spiro atoms. The van der Waals surface area contributed by atoms with Crippen molar-refractivity contribution in [3.8, 4) is 0 Å². The standard InChI is InChI=1S/C14H14ClNO2/c1-7-11(15)6-5-10-8-3-2-4-9(8)13(14(17)18)16-12(7)10/h2-3,5-6,8-9,13,16H,4H2,1H3,(H,17,18)/t8-,9+,13-/m0/s1. The SMILES string of the molecule is Cc1c(Cl)ccc2c1N[C@H](C(=O)O)[C@@H]1CC=C[C@H]21. The van der Waals surface area contributed by atoms with Crippen LogP contribution in [-0.4, -0.2) is 17.1 Å². The molecule has 94 valence electrons. The zero-order valence-electron chi connectivity index (χ0n) is 9.98. The Kier molecular flexibility index (Phi) is 2.59. The number of hydrogen-bond acceptors (Lipinski definition) is 2. The van der Waals surface area contributed by atoms with Gasteiger partial charge in [-0.25, -0.2) is 4.79 Å². The molecule has 1 aliphatic carbocycles. The molecule has 1 aromatic carbocycles. The summed E-state index contributed by atoms with van der Waals surface area (Å²) in [5.41, 5.74) is 2.98. The molecule has 0 saturated heterocycles. The molecule has 0 amide bonds. The van der Waals surface area contributed by atoms with Crippen molar-refractivity contribution in [3.63, 3.8) is 0 Å². The average molecular weight is 264 g/mol. The highest BCUT2D eigenvalue weighted by Gasteiger charge is 2.41. The van der Waals surface area contributed by atoms with Gasteiger partial charge in [0.15, 0.2) is 0 Å². The third kappa shape index (κ3) is 1.54. The van der Waals surface area contributed by atoms with Gasteiger partial charge in [0.1, 0.15) is 6.04 Å². The number of benzene rings is 1. The summed E-state index contributed by atoms with van der Waals surface area (Å²) in [6, 6.07) is 3.36. The molecule has 0 bridgehead atoms. The number of allylic oxidation sites excluding steroid dienone is 2. The Morgan fingerprint density at radius 2 is 2.28 bits per heavy atom. The number of halogens is 1. The first kappa shape index (κ1) is 11.6. The number of hydrogen-bond donors (Lipinski definition) is 2. The molecule has 2 N–H and O–H groups in total. The predicted octanol–water partition coefficient (Wildman–Crippen LogP) is 3.19.